The fraction of sp³-hybridized carbons (Fsp3) is 0.294. The Morgan fingerprint density at radius 1 is 1.21 bits per heavy atom. The number of rotatable bonds is 8. The summed E-state index contributed by atoms with van der Waals surface area (Å²) in [5.41, 5.74) is 1.25. The van der Waals surface area contributed by atoms with Crippen molar-refractivity contribution >= 4 is 5.91 Å². The van der Waals surface area contributed by atoms with E-state index in [1.807, 2.05) is 30.3 Å². The van der Waals surface area contributed by atoms with Crippen LogP contribution in [0.1, 0.15) is 15.9 Å². The molecule has 0 spiro atoms. The van der Waals surface area contributed by atoms with Crippen LogP contribution >= 0.6 is 0 Å². The maximum absolute atomic E-state index is 12.2. The lowest BCUT2D eigenvalue weighted by molar-refractivity contribution is 0.0794. The third-order valence-electron chi connectivity index (χ3n) is 3.24. The molecule has 1 atom stereocenters. The molecule has 0 aliphatic carbocycles. The first kappa shape index (κ1) is 17.8. The zero-order valence-corrected chi connectivity index (χ0v) is 12.9. The predicted octanol–water partition coefficient (Wildman–Crippen LogP) is 2.06. The first-order chi connectivity index (χ1) is 11.6. The normalized spacial score (nSPS) is 12.0. The smallest absolute Gasteiger partial charge is 0.272 e. The van der Waals surface area contributed by atoms with Crippen molar-refractivity contribution in [1.82, 2.24) is 10.3 Å². The highest BCUT2D eigenvalue weighted by atomic mass is 19.3. The molecule has 0 aliphatic rings. The SMILES string of the molecule is O=C(NC(CO)Cc1ccccc1)c1ccc(OCC(F)F)nc1. The molecule has 0 fully saturated rings. The second-order valence-corrected chi connectivity index (χ2v) is 5.13. The van der Waals surface area contributed by atoms with Gasteiger partial charge in [-0.15, -0.1) is 0 Å². The molecule has 2 aromatic rings. The number of carbonyl (C=O) groups is 1. The average Bonchev–Trinajstić information content (AvgIpc) is 2.60. The number of nitrogens with zero attached hydrogens (tertiary/aromatic N) is 1. The number of nitrogens with one attached hydrogen (secondary N) is 1. The molecule has 2 rings (SSSR count). The molecule has 0 radical (unpaired) electrons. The minimum atomic E-state index is -2.59. The number of halogens is 2. The fourth-order valence-electron chi connectivity index (χ4n) is 2.08. The average molecular weight is 336 g/mol. The van der Waals surface area contributed by atoms with Gasteiger partial charge in [0.15, 0.2) is 6.61 Å². The molecule has 128 valence electrons. The van der Waals surface area contributed by atoms with Crippen LogP contribution in [0.15, 0.2) is 48.7 Å². The van der Waals surface area contributed by atoms with Crippen molar-refractivity contribution < 1.29 is 23.4 Å². The van der Waals surface area contributed by atoms with Crippen LogP contribution in [0.2, 0.25) is 0 Å². The van der Waals surface area contributed by atoms with Gasteiger partial charge in [0.25, 0.3) is 12.3 Å². The Morgan fingerprint density at radius 2 is 1.96 bits per heavy atom. The van der Waals surface area contributed by atoms with Crippen molar-refractivity contribution in [3.05, 3.63) is 59.8 Å². The van der Waals surface area contributed by atoms with Gasteiger partial charge < -0.3 is 15.2 Å². The number of aromatic nitrogens is 1. The Morgan fingerprint density at radius 3 is 2.54 bits per heavy atom. The lowest BCUT2D eigenvalue weighted by Gasteiger charge is -2.16. The van der Waals surface area contributed by atoms with Crippen LogP contribution < -0.4 is 10.1 Å². The predicted molar refractivity (Wildman–Crippen MR) is 84.2 cm³/mol. The van der Waals surface area contributed by atoms with Gasteiger partial charge in [-0.25, -0.2) is 13.8 Å². The summed E-state index contributed by atoms with van der Waals surface area (Å²) >= 11 is 0. The van der Waals surface area contributed by atoms with Gasteiger partial charge in [0.1, 0.15) is 0 Å². The molecule has 0 aliphatic heterocycles. The summed E-state index contributed by atoms with van der Waals surface area (Å²) < 4.78 is 28.8. The van der Waals surface area contributed by atoms with E-state index in [4.69, 9.17) is 4.74 Å². The van der Waals surface area contributed by atoms with Crippen molar-refractivity contribution in [3.8, 4) is 5.88 Å². The molecular weight excluding hydrogens is 318 g/mol. The molecule has 2 N–H and O–H groups in total. The van der Waals surface area contributed by atoms with Gasteiger partial charge in [0.2, 0.25) is 5.88 Å². The summed E-state index contributed by atoms with van der Waals surface area (Å²) in [4.78, 5) is 16.0. The number of pyridine rings is 1. The molecule has 24 heavy (non-hydrogen) atoms. The van der Waals surface area contributed by atoms with E-state index in [1.54, 1.807) is 0 Å². The maximum Gasteiger partial charge on any atom is 0.272 e. The van der Waals surface area contributed by atoms with E-state index in [0.29, 0.717) is 6.42 Å². The lowest BCUT2D eigenvalue weighted by Crippen LogP contribution is -2.39. The number of carbonyl (C=O) groups excluding carboxylic acids is 1. The van der Waals surface area contributed by atoms with Crippen molar-refractivity contribution in [2.75, 3.05) is 13.2 Å². The van der Waals surface area contributed by atoms with Crippen LogP contribution in [-0.2, 0) is 6.42 Å². The van der Waals surface area contributed by atoms with Gasteiger partial charge in [-0.2, -0.15) is 0 Å². The van der Waals surface area contributed by atoms with Crippen LogP contribution in [0.5, 0.6) is 5.88 Å². The van der Waals surface area contributed by atoms with Gasteiger partial charge in [-0.05, 0) is 18.1 Å². The number of aliphatic hydroxyl groups is 1. The molecule has 1 amide bonds. The topological polar surface area (TPSA) is 71.5 Å². The minimum absolute atomic E-state index is 0.0230. The molecular formula is C17H18F2N2O3. The number of ether oxygens (including phenoxy) is 1. The molecule has 1 heterocycles. The Kier molecular flexibility index (Phi) is 6.62. The van der Waals surface area contributed by atoms with Crippen LogP contribution in [0.3, 0.4) is 0 Å². The second-order valence-electron chi connectivity index (χ2n) is 5.13. The zero-order valence-electron chi connectivity index (χ0n) is 12.9. The summed E-state index contributed by atoms with van der Waals surface area (Å²) in [7, 11) is 0. The van der Waals surface area contributed by atoms with Crippen LogP contribution in [-0.4, -0.2) is 41.7 Å². The van der Waals surface area contributed by atoms with E-state index < -0.39 is 25.0 Å². The summed E-state index contributed by atoms with van der Waals surface area (Å²) in [6, 6.07) is 11.8. The molecule has 0 saturated carbocycles. The second kappa shape index (κ2) is 8.93. The number of alkyl halides is 2. The Labute approximate surface area is 138 Å². The molecule has 1 aromatic heterocycles. The van der Waals surface area contributed by atoms with E-state index in [0.717, 1.165) is 5.56 Å². The number of aliphatic hydroxyl groups excluding tert-OH is 1. The Balaban J connectivity index is 1.92. The van der Waals surface area contributed by atoms with Gasteiger partial charge in [-0.3, -0.25) is 4.79 Å². The van der Waals surface area contributed by atoms with Crippen molar-refractivity contribution in [2.24, 2.45) is 0 Å². The van der Waals surface area contributed by atoms with E-state index in [2.05, 4.69) is 10.3 Å². The summed E-state index contributed by atoms with van der Waals surface area (Å²) in [6.07, 6.45) is -0.850. The van der Waals surface area contributed by atoms with Crippen molar-refractivity contribution in [2.45, 2.75) is 18.9 Å². The molecule has 5 nitrogen and oxygen atoms in total. The first-order valence-electron chi connectivity index (χ1n) is 7.41. The molecule has 1 unspecified atom stereocenters. The summed E-state index contributed by atoms with van der Waals surface area (Å²) in [5, 5.41) is 12.1. The monoisotopic (exact) mass is 336 g/mol. The third-order valence-corrected chi connectivity index (χ3v) is 3.24. The summed E-state index contributed by atoms with van der Waals surface area (Å²) in [5.74, 6) is -0.382. The quantitative estimate of drug-likeness (QED) is 0.774. The van der Waals surface area contributed by atoms with Crippen LogP contribution in [0.25, 0.3) is 0 Å². The van der Waals surface area contributed by atoms with E-state index >= 15 is 0 Å². The van der Waals surface area contributed by atoms with Crippen molar-refractivity contribution in [3.63, 3.8) is 0 Å². The number of hydrogen-bond acceptors (Lipinski definition) is 4. The Bertz CT molecular complexity index is 636. The first-order valence-corrected chi connectivity index (χ1v) is 7.41. The highest BCUT2D eigenvalue weighted by Gasteiger charge is 2.14. The lowest BCUT2D eigenvalue weighted by atomic mass is 10.1. The van der Waals surface area contributed by atoms with Gasteiger partial charge in [0.05, 0.1) is 18.2 Å². The van der Waals surface area contributed by atoms with Gasteiger partial charge in [0, 0.05) is 12.3 Å². The molecule has 0 bridgehead atoms. The van der Waals surface area contributed by atoms with E-state index in [9.17, 15) is 18.7 Å². The van der Waals surface area contributed by atoms with Gasteiger partial charge >= 0.3 is 0 Å². The molecule has 0 saturated heterocycles. The van der Waals surface area contributed by atoms with E-state index in [1.165, 1.54) is 18.3 Å². The maximum atomic E-state index is 12.2. The van der Waals surface area contributed by atoms with Gasteiger partial charge in [-0.1, -0.05) is 30.3 Å². The largest absolute Gasteiger partial charge is 0.472 e. The number of hydrogen-bond donors (Lipinski definition) is 2. The minimum Gasteiger partial charge on any atom is -0.472 e. The third kappa shape index (κ3) is 5.58. The van der Waals surface area contributed by atoms with Crippen LogP contribution in [0.4, 0.5) is 8.78 Å². The van der Waals surface area contributed by atoms with E-state index in [-0.39, 0.29) is 18.1 Å². The number of amides is 1. The molecule has 7 heteroatoms. The molecule has 1 aromatic carbocycles. The number of benzene rings is 1. The highest BCUT2D eigenvalue weighted by molar-refractivity contribution is 5.94. The van der Waals surface area contributed by atoms with Crippen molar-refractivity contribution in [1.29, 1.82) is 0 Å². The Hall–Kier alpha value is -2.54. The zero-order chi connectivity index (χ0) is 17.4. The highest BCUT2D eigenvalue weighted by Crippen LogP contribution is 2.10. The standard InChI is InChI=1S/C17H18F2N2O3/c18-15(19)11-24-16-7-6-13(9-20-16)17(23)21-14(10-22)8-12-4-2-1-3-5-12/h1-7,9,14-15,22H,8,10-11H2,(H,21,23). The summed E-state index contributed by atoms with van der Waals surface area (Å²) in [6.45, 7) is -0.953. The fourth-order valence-corrected chi connectivity index (χ4v) is 2.08. The van der Waals surface area contributed by atoms with Crippen LogP contribution in [0, 0.1) is 0 Å².